The van der Waals surface area contributed by atoms with Gasteiger partial charge in [0.2, 0.25) is 5.91 Å². The van der Waals surface area contributed by atoms with Gasteiger partial charge >= 0.3 is 0 Å². The van der Waals surface area contributed by atoms with Gasteiger partial charge in [0, 0.05) is 13.1 Å². The second kappa shape index (κ2) is 2.55. The maximum atomic E-state index is 11.5. The lowest BCUT2D eigenvalue weighted by Gasteiger charge is -2.30. The fourth-order valence-corrected chi connectivity index (χ4v) is 1.89. The molecule has 2 aliphatic rings. The van der Waals surface area contributed by atoms with Crippen molar-refractivity contribution in [3.05, 3.63) is 0 Å². The van der Waals surface area contributed by atoms with E-state index < -0.39 is 0 Å². The maximum Gasteiger partial charge on any atom is 0.227 e. The Bertz CT molecular complexity index is 231. The summed E-state index contributed by atoms with van der Waals surface area (Å²) in [4.78, 5) is 22.4. The van der Waals surface area contributed by atoms with Crippen LogP contribution in [0.3, 0.4) is 0 Å². The third-order valence-electron chi connectivity index (χ3n) is 2.78. The highest BCUT2D eigenvalue weighted by Crippen LogP contribution is 2.29. The van der Waals surface area contributed by atoms with Gasteiger partial charge in [0.1, 0.15) is 0 Å². The molecule has 1 atom stereocenters. The molecule has 0 radical (unpaired) electrons. The first-order valence-electron chi connectivity index (χ1n) is 4.24. The van der Waals surface area contributed by atoms with Gasteiger partial charge in [0.15, 0.2) is 5.78 Å². The first kappa shape index (κ1) is 7.73. The highest BCUT2D eigenvalue weighted by Gasteiger charge is 2.44. The average molecular weight is 168 g/mol. The summed E-state index contributed by atoms with van der Waals surface area (Å²) in [6.07, 6.45) is 0.938. The lowest BCUT2D eigenvalue weighted by molar-refractivity contribution is -0.137. The Morgan fingerprint density at radius 1 is 1.25 bits per heavy atom. The molecule has 1 amide bonds. The van der Waals surface area contributed by atoms with Crippen LogP contribution in [0.2, 0.25) is 0 Å². The first-order valence-corrected chi connectivity index (χ1v) is 4.24. The van der Waals surface area contributed by atoms with Gasteiger partial charge < -0.3 is 10.6 Å². The summed E-state index contributed by atoms with van der Waals surface area (Å²) in [6, 6.07) is 0. The summed E-state index contributed by atoms with van der Waals surface area (Å²) >= 11 is 0. The van der Waals surface area contributed by atoms with Gasteiger partial charge in [-0.2, -0.15) is 0 Å². The molecule has 2 fully saturated rings. The largest absolute Gasteiger partial charge is 0.355 e. The number of amides is 1. The SMILES string of the molecule is O=C1CC(=O)C2(CCNC2)CN1. The molecular weight excluding hydrogens is 156 g/mol. The van der Waals surface area contributed by atoms with Crippen LogP contribution in [0.5, 0.6) is 0 Å². The Kier molecular flexibility index (Phi) is 1.65. The number of carbonyl (C=O) groups is 2. The van der Waals surface area contributed by atoms with E-state index in [-0.39, 0.29) is 23.5 Å². The number of ketones is 1. The van der Waals surface area contributed by atoms with Gasteiger partial charge in [-0.3, -0.25) is 9.59 Å². The molecule has 66 valence electrons. The Morgan fingerprint density at radius 3 is 2.67 bits per heavy atom. The van der Waals surface area contributed by atoms with Crippen molar-refractivity contribution in [1.82, 2.24) is 10.6 Å². The molecule has 2 rings (SSSR count). The van der Waals surface area contributed by atoms with Gasteiger partial charge in [-0.15, -0.1) is 0 Å². The molecule has 12 heavy (non-hydrogen) atoms. The van der Waals surface area contributed by atoms with Crippen molar-refractivity contribution >= 4 is 11.7 Å². The smallest absolute Gasteiger partial charge is 0.227 e. The quantitative estimate of drug-likeness (QED) is 0.459. The van der Waals surface area contributed by atoms with Crippen LogP contribution in [-0.4, -0.2) is 31.3 Å². The average Bonchev–Trinajstić information content (AvgIpc) is 2.48. The summed E-state index contributed by atoms with van der Waals surface area (Å²) < 4.78 is 0. The van der Waals surface area contributed by atoms with Crippen molar-refractivity contribution in [2.75, 3.05) is 19.6 Å². The summed E-state index contributed by atoms with van der Waals surface area (Å²) in [5, 5.41) is 5.90. The lowest BCUT2D eigenvalue weighted by Crippen LogP contribution is -2.50. The predicted molar refractivity (Wildman–Crippen MR) is 42.6 cm³/mol. The molecule has 0 bridgehead atoms. The lowest BCUT2D eigenvalue weighted by atomic mass is 9.79. The zero-order valence-corrected chi connectivity index (χ0v) is 6.85. The molecule has 4 nitrogen and oxygen atoms in total. The molecular formula is C8H12N2O2. The molecule has 2 saturated heterocycles. The van der Waals surface area contributed by atoms with Gasteiger partial charge in [-0.1, -0.05) is 0 Å². The molecule has 0 saturated carbocycles. The Hall–Kier alpha value is -0.900. The Labute approximate surface area is 70.7 Å². The van der Waals surface area contributed by atoms with Crippen molar-refractivity contribution in [1.29, 1.82) is 0 Å². The maximum absolute atomic E-state index is 11.5. The Balaban J connectivity index is 2.16. The van der Waals surface area contributed by atoms with E-state index in [1.54, 1.807) is 0 Å². The minimum Gasteiger partial charge on any atom is -0.355 e. The summed E-state index contributed by atoms with van der Waals surface area (Å²) in [7, 11) is 0. The van der Waals surface area contributed by atoms with Crippen molar-refractivity contribution in [3.63, 3.8) is 0 Å². The molecule has 0 aromatic rings. The molecule has 1 spiro atoms. The van der Waals surface area contributed by atoms with Crippen LogP contribution >= 0.6 is 0 Å². The molecule has 1 unspecified atom stereocenters. The summed E-state index contributed by atoms with van der Waals surface area (Å²) in [6.45, 7) is 2.14. The number of piperidine rings is 1. The van der Waals surface area contributed by atoms with Crippen LogP contribution in [-0.2, 0) is 9.59 Å². The second-order valence-electron chi connectivity index (χ2n) is 3.58. The summed E-state index contributed by atoms with van der Waals surface area (Å²) in [5.74, 6) is -0.0197. The van der Waals surface area contributed by atoms with Gasteiger partial charge in [0.25, 0.3) is 0 Å². The molecule has 2 heterocycles. The van der Waals surface area contributed by atoms with Crippen LogP contribution in [0.15, 0.2) is 0 Å². The van der Waals surface area contributed by atoms with E-state index in [9.17, 15) is 9.59 Å². The number of hydrogen-bond acceptors (Lipinski definition) is 3. The number of carbonyl (C=O) groups excluding carboxylic acids is 2. The van der Waals surface area contributed by atoms with Crippen molar-refractivity contribution in [2.24, 2.45) is 5.41 Å². The minimum absolute atomic E-state index is 0.0711. The number of nitrogens with one attached hydrogen (secondary N) is 2. The molecule has 0 aromatic carbocycles. The molecule has 2 aliphatic heterocycles. The van der Waals surface area contributed by atoms with Crippen LogP contribution in [0, 0.1) is 5.41 Å². The van der Waals surface area contributed by atoms with E-state index in [0.29, 0.717) is 6.54 Å². The zero-order valence-electron chi connectivity index (χ0n) is 6.85. The van der Waals surface area contributed by atoms with E-state index in [1.807, 2.05) is 0 Å². The van der Waals surface area contributed by atoms with Crippen LogP contribution in [0.4, 0.5) is 0 Å². The molecule has 0 aromatic heterocycles. The highest BCUT2D eigenvalue weighted by atomic mass is 16.2. The number of hydrogen-bond donors (Lipinski definition) is 2. The fourth-order valence-electron chi connectivity index (χ4n) is 1.89. The third-order valence-corrected chi connectivity index (χ3v) is 2.78. The monoisotopic (exact) mass is 168 g/mol. The van der Waals surface area contributed by atoms with E-state index in [0.717, 1.165) is 19.5 Å². The van der Waals surface area contributed by atoms with E-state index in [2.05, 4.69) is 10.6 Å². The fraction of sp³-hybridized carbons (Fsp3) is 0.750. The van der Waals surface area contributed by atoms with Crippen LogP contribution in [0.25, 0.3) is 0 Å². The molecule has 2 N–H and O–H groups in total. The summed E-state index contributed by atoms with van der Waals surface area (Å²) in [5.41, 5.74) is -0.270. The second-order valence-corrected chi connectivity index (χ2v) is 3.58. The van der Waals surface area contributed by atoms with Crippen LogP contribution in [0.1, 0.15) is 12.8 Å². The van der Waals surface area contributed by atoms with Crippen molar-refractivity contribution in [3.8, 4) is 0 Å². The highest BCUT2D eigenvalue weighted by molar-refractivity contribution is 6.03. The van der Waals surface area contributed by atoms with Gasteiger partial charge in [-0.25, -0.2) is 0 Å². The number of rotatable bonds is 0. The van der Waals surface area contributed by atoms with Crippen LogP contribution < -0.4 is 10.6 Å². The van der Waals surface area contributed by atoms with Gasteiger partial charge in [0.05, 0.1) is 11.8 Å². The topological polar surface area (TPSA) is 58.2 Å². The van der Waals surface area contributed by atoms with E-state index in [1.165, 1.54) is 0 Å². The van der Waals surface area contributed by atoms with E-state index >= 15 is 0 Å². The predicted octanol–water partition coefficient (Wildman–Crippen LogP) is -0.945. The Morgan fingerprint density at radius 2 is 2.08 bits per heavy atom. The molecule has 0 aliphatic carbocycles. The number of Topliss-reactive ketones (excluding diaryl/α,β-unsaturated/α-hetero) is 1. The van der Waals surface area contributed by atoms with Crippen molar-refractivity contribution < 1.29 is 9.59 Å². The third kappa shape index (κ3) is 1.03. The van der Waals surface area contributed by atoms with Crippen molar-refractivity contribution in [2.45, 2.75) is 12.8 Å². The van der Waals surface area contributed by atoms with Gasteiger partial charge in [-0.05, 0) is 13.0 Å². The molecule has 4 heteroatoms. The normalized spacial score (nSPS) is 35.7. The minimum atomic E-state index is -0.270. The van der Waals surface area contributed by atoms with E-state index in [4.69, 9.17) is 0 Å². The standard InChI is InChI=1S/C8H12N2O2/c11-6-3-7(12)10-5-8(6)1-2-9-4-8/h9H,1-5H2,(H,10,12). The zero-order chi connectivity index (χ0) is 8.60. The first-order chi connectivity index (χ1) is 5.73.